The minimum absolute atomic E-state index is 0.00117. The quantitative estimate of drug-likeness (QED) is 0.788. The number of halogens is 2. The summed E-state index contributed by atoms with van der Waals surface area (Å²) < 4.78 is 4.88. The van der Waals surface area contributed by atoms with Crippen LogP contribution in [0.4, 0.5) is 0 Å². The van der Waals surface area contributed by atoms with Crippen molar-refractivity contribution < 1.29 is 9.32 Å². The van der Waals surface area contributed by atoms with E-state index < -0.39 is 0 Å². The molecule has 1 aromatic heterocycles. The molecule has 0 fully saturated rings. The number of thioether (sulfide) groups is 1. The van der Waals surface area contributed by atoms with Crippen LogP contribution in [0.15, 0.2) is 22.7 Å². The van der Waals surface area contributed by atoms with E-state index in [4.69, 9.17) is 27.7 Å². The maximum Gasteiger partial charge on any atom is 0.232 e. The van der Waals surface area contributed by atoms with E-state index in [2.05, 4.69) is 10.1 Å². The van der Waals surface area contributed by atoms with Gasteiger partial charge in [0.2, 0.25) is 11.8 Å². The van der Waals surface area contributed by atoms with E-state index in [1.165, 1.54) is 11.8 Å². The summed E-state index contributed by atoms with van der Waals surface area (Å²) in [4.78, 5) is 17.8. The molecule has 0 aliphatic carbocycles. The molecule has 118 valence electrons. The number of aromatic nitrogens is 2. The number of carbonyl (C=O) groups is 1. The van der Waals surface area contributed by atoms with Gasteiger partial charge in [0.05, 0.1) is 21.6 Å². The largest absolute Gasteiger partial charge is 0.341 e. The summed E-state index contributed by atoms with van der Waals surface area (Å²) in [5.74, 6) is 1.99. The van der Waals surface area contributed by atoms with Crippen molar-refractivity contribution in [1.82, 2.24) is 15.0 Å². The van der Waals surface area contributed by atoms with E-state index in [-0.39, 0.29) is 5.91 Å². The maximum absolute atomic E-state index is 12.1. The fraction of sp³-hybridized carbons (Fsp3) is 0.357. The number of aryl methyl sites for hydroxylation is 1. The highest BCUT2D eigenvalue weighted by atomic mass is 35.5. The van der Waals surface area contributed by atoms with E-state index in [0.717, 1.165) is 5.56 Å². The van der Waals surface area contributed by atoms with Crippen LogP contribution in [0.5, 0.6) is 0 Å². The molecule has 8 heteroatoms. The molecule has 0 saturated heterocycles. The second kappa shape index (κ2) is 7.85. The number of hydrogen-bond acceptors (Lipinski definition) is 5. The van der Waals surface area contributed by atoms with E-state index in [0.29, 0.717) is 39.8 Å². The van der Waals surface area contributed by atoms with Crippen molar-refractivity contribution in [3.05, 3.63) is 45.5 Å². The number of amides is 1. The third-order valence-corrected chi connectivity index (χ3v) is 4.66. The van der Waals surface area contributed by atoms with Crippen molar-refractivity contribution in [3.63, 3.8) is 0 Å². The first-order valence-corrected chi connectivity index (χ1v) is 8.42. The first kappa shape index (κ1) is 17.1. The maximum atomic E-state index is 12.1. The molecule has 0 N–H and O–H groups in total. The number of rotatable bonds is 6. The van der Waals surface area contributed by atoms with Crippen LogP contribution in [0.2, 0.25) is 10.0 Å². The number of nitrogens with zero attached hydrogens (tertiary/aromatic N) is 3. The predicted octanol–water partition coefficient (Wildman–Crippen LogP) is 3.58. The summed E-state index contributed by atoms with van der Waals surface area (Å²) >= 11 is 13.5. The second-order valence-electron chi connectivity index (χ2n) is 4.69. The number of benzene rings is 1. The number of carbonyl (C=O) groups excluding carboxylic acids is 1. The Morgan fingerprint density at radius 1 is 1.41 bits per heavy atom. The summed E-state index contributed by atoms with van der Waals surface area (Å²) in [7, 11) is 1.73. The summed E-state index contributed by atoms with van der Waals surface area (Å²) in [6, 6.07) is 5.39. The van der Waals surface area contributed by atoms with Gasteiger partial charge in [0.1, 0.15) is 0 Å². The third kappa shape index (κ3) is 4.63. The van der Waals surface area contributed by atoms with Gasteiger partial charge in [-0.15, -0.1) is 11.8 Å². The molecule has 5 nitrogen and oxygen atoms in total. The first-order valence-electron chi connectivity index (χ1n) is 6.51. The van der Waals surface area contributed by atoms with Crippen molar-refractivity contribution in [2.75, 3.05) is 12.8 Å². The normalized spacial score (nSPS) is 10.7. The van der Waals surface area contributed by atoms with Gasteiger partial charge in [-0.3, -0.25) is 4.79 Å². The third-order valence-electron chi connectivity index (χ3n) is 2.89. The van der Waals surface area contributed by atoms with Gasteiger partial charge in [0.25, 0.3) is 0 Å². The van der Waals surface area contributed by atoms with Crippen LogP contribution in [-0.2, 0) is 17.1 Å². The van der Waals surface area contributed by atoms with Gasteiger partial charge in [-0.1, -0.05) is 40.5 Å². The van der Waals surface area contributed by atoms with Crippen LogP contribution in [0.3, 0.4) is 0 Å². The highest BCUT2D eigenvalue weighted by molar-refractivity contribution is 7.99. The summed E-state index contributed by atoms with van der Waals surface area (Å²) in [6.45, 7) is 2.15. The highest BCUT2D eigenvalue weighted by Gasteiger charge is 2.13. The summed E-state index contributed by atoms with van der Waals surface area (Å²) in [5.41, 5.74) is 0.823. The van der Waals surface area contributed by atoms with Crippen LogP contribution in [0.1, 0.15) is 17.3 Å². The minimum Gasteiger partial charge on any atom is -0.341 e. The van der Waals surface area contributed by atoms with Crippen LogP contribution >= 0.6 is 35.0 Å². The lowest BCUT2D eigenvalue weighted by Crippen LogP contribution is -2.28. The predicted molar refractivity (Wildman–Crippen MR) is 88.1 cm³/mol. The van der Waals surface area contributed by atoms with Gasteiger partial charge in [-0.05, 0) is 11.6 Å². The van der Waals surface area contributed by atoms with Crippen molar-refractivity contribution in [3.8, 4) is 0 Å². The molecule has 0 aliphatic heterocycles. The molecule has 0 bridgehead atoms. The van der Waals surface area contributed by atoms with Crippen LogP contribution in [-0.4, -0.2) is 33.7 Å². The van der Waals surface area contributed by atoms with Crippen LogP contribution < -0.4 is 0 Å². The molecule has 0 atom stereocenters. The van der Waals surface area contributed by atoms with Gasteiger partial charge < -0.3 is 9.42 Å². The Balaban J connectivity index is 1.83. The van der Waals surface area contributed by atoms with Gasteiger partial charge >= 0.3 is 0 Å². The van der Waals surface area contributed by atoms with E-state index in [1.54, 1.807) is 24.9 Å². The van der Waals surface area contributed by atoms with Crippen molar-refractivity contribution >= 4 is 40.9 Å². The molecule has 0 radical (unpaired) electrons. The molecule has 22 heavy (non-hydrogen) atoms. The molecular formula is C14H15Cl2N3O2S. The van der Waals surface area contributed by atoms with E-state index >= 15 is 0 Å². The zero-order chi connectivity index (χ0) is 16.1. The number of hydrogen-bond donors (Lipinski definition) is 0. The zero-order valence-electron chi connectivity index (χ0n) is 12.2. The smallest absolute Gasteiger partial charge is 0.232 e. The monoisotopic (exact) mass is 359 g/mol. The molecule has 0 spiro atoms. The molecule has 1 amide bonds. The van der Waals surface area contributed by atoms with Gasteiger partial charge in [-0.25, -0.2) is 0 Å². The lowest BCUT2D eigenvalue weighted by molar-refractivity contribution is -0.127. The molecule has 1 heterocycles. The van der Waals surface area contributed by atoms with Gasteiger partial charge in [0, 0.05) is 20.5 Å². The molecule has 0 unspecified atom stereocenters. The SMILES string of the molecule is Cc1nc(CSCC(=O)N(C)Cc2cccc(Cl)c2Cl)no1. The Hall–Kier alpha value is -1.24. The summed E-state index contributed by atoms with van der Waals surface area (Å²) in [6.07, 6.45) is 0. The average Bonchev–Trinajstić information content (AvgIpc) is 2.89. The average molecular weight is 360 g/mol. The Morgan fingerprint density at radius 2 is 2.18 bits per heavy atom. The van der Waals surface area contributed by atoms with Gasteiger partial charge in [0.15, 0.2) is 5.82 Å². The molecule has 2 rings (SSSR count). The minimum atomic E-state index is 0.00117. The molecule has 0 aliphatic rings. The molecular weight excluding hydrogens is 345 g/mol. The lowest BCUT2D eigenvalue weighted by Gasteiger charge is -2.18. The van der Waals surface area contributed by atoms with E-state index in [1.807, 2.05) is 12.1 Å². The summed E-state index contributed by atoms with van der Waals surface area (Å²) in [5, 5.41) is 4.76. The van der Waals surface area contributed by atoms with Crippen LogP contribution in [0.25, 0.3) is 0 Å². The molecule has 1 aromatic carbocycles. The Bertz CT molecular complexity index is 663. The molecule has 2 aromatic rings. The Morgan fingerprint density at radius 3 is 2.86 bits per heavy atom. The second-order valence-corrected chi connectivity index (χ2v) is 6.46. The van der Waals surface area contributed by atoms with Crippen molar-refractivity contribution in [2.24, 2.45) is 0 Å². The molecule has 0 saturated carbocycles. The zero-order valence-corrected chi connectivity index (χ0v) is 14.5. The fourth-order valence-electron chi connectivity index (χ4n) is 1.75. The van der Waals surface area contributed by atoms with Crippen LogP contribution in [0, 0.1) is 6.92 Å². The highest BCUT2D eigenvalue weighted by Crippen LogP contribution is 2.26. The van der Waals surface area contributed by atoms with Crippen molar-refractivity contribution in [2.45, 2.75) is 19.2 Å². The van der Waals surface area contributed by atoms with E-state index in [9.17, 15) is 4.79 Å². The lowest BCUT2D eigenvalue weighted by atomic mass is 10.2. The first-order chi connectivity index (χ1) is 10.5. The van der Waals surface area contributed by atoms with Crippen molar-refractivity contribution in [1.29, 1.82) is 0 Å². The fourth-order valence-corrected chi connectivity index (χ4v) is 2.93. The Kier molecular flexibility index (Phi) is 6.11. The standard InChI is InChI=1S/C14H15Cl2N3O2S/c1-9-17-12(18-21-9)7-22-8-13(20)19(2)6-10-4-3-5-11(15)14(10)16/h3-5H,6-8H2,1-2H3. The topological polar surface area (TPSA) is 59.2 Å². The Labute approximate surface area is 143 Å². The van der Waals surface area contributed by atoms with Gasteiger partial charge in [-0.2, -0.15) is 4.98 Å².